The standard InChI is InChI=1S/C17H19N3/c1-11-8-9-15-16(10-11)20(17(18)19-15)13(3)14-7-5-4-6-12(14)2/h4-10,13H,1-3H3,(H2,18,19). The van der Waals surface area contributed by atoms with Crippen LogP contribution in [-0.4, -0.2) is 9.55 Å². The number of aryl methyl sites for hydroxylation is 2. The summed E-state index contributed by atoms with van der Waals surface area (Å²) in [5.41, 5.74) is 12.0. The van der Waals surface area contributed by atoms with Gasteiger partial charge < -0.3 is 10.3 Å². The molecule has 0 fully saturated rings. The van der Waals surface area contributed by atoms with Gasteiger partial charge in [0, 0.05) is 0 Å². The maximum atomic E-state index is 6.14. The molecule has 0 aliphatic carbocycles. The van der Waals surface area contributed by atoms with Crippen molar-refractivity contribution in [1.82, 2.24) is 9.55 Å². The number of fused-ring (bicyclic) bond motifs is 1. The van der Waals surface area contributed by atoms with Gasteiger partial charge in [0.05, 0.1) is 17.1 Å². The number of hydrogen-bond donors (Lipinski definition) is 1. The van der Waals surface area contributed by atoms with E-state index in [9.17, 15) is 0 Å². The van der Waals surface area contributed by atoms with Crippen molar-refractivity contribution in [3.05, 3.63) is 59.2 Å². The molecule has 1 aromatic heterocycles. The minimum Gasteiger partial charge on any atom is -0.369 e. The molecule has 0 bridgehead atoms. The quantitative estimate of drug-likeness (QED) is 0.765. The minimum absolute atomic E-state index is 0.169. The van der Waals surface area contributed by atoms with Gasteiger partial charge in [-0.3, -0.25) is 0 Å². The van der Waals surface area contributed by atoms with Crippen LogP contribution < -0.4 is 5.73 Å². The summed E-state index contributed by atoms with van der Waals surface area (Å²) >= 11 is 0. The maximum absolute atomic E-state index is 6.14. The lowest BCUT2D eigenvalue weighted by molar-refractivity contribution is 0.663. The number of benzene rings is 2. The van der Waals surface area contributed by atoms with Gasteiger partial charge in [-0.15, -0.1) is 0 Å². The van der Waals surface area contributed by atoms with Crippen LogP contribution in [0.25, 0.3) is 11.0 Å². The van der Waals surface area contributed by atoms with Gasteiger partial charge in [-0.05, 0) is 49.6 Å². The molecule has 2 N–H and O–H groups in total. The number of anilines is 1. The highest BCUT2D eigenvalue weighted by atomic mass is 15.2. The second-order valence-corrected chi connectivity index (χ2v) is 5.36. The summed E-state index contributed by atoms with van der Waals surface area (Å²) in [7, 11) is 0. The molecule has 0 spiro atoms. The maximum Gasteiger partial charge on any atom is 0.201 e. The number of imidazole rings is 1. The van der Waals surface area contributed by atoms with E-state index in [0.29, 0.717) is 5.95 Å². The third-order valence-corrected chi connectivity index (χ3v) is 3.90. The molecule has 1 atom stereocenters. The lowest BCUT2D eigenvalue weighted by Gasteiger charge is -2.18. The van der Waals surface area contributed by atoms with Crippen LogP contribution in [-0.2, 0) is 0 Å². The molecule has 1 unspecified atom stereocenters. The molecule has 0 amide bonds. The summed E-state index contributed by atoms with van der Waals surface area (Å²) in [6.07, 6.45) is 0. The first kappa shape index (κ1) is 12.7. The third-order valence-electron chi connectivity index (χ3n) is 3.90. The monoisotopic (exact) mass is 265 g/mol. The Bertz CT molecular complexity index is 771. The Morgan fingerprint density at radius 1 is 1.10 bits per heavy atom. The second-order valence-electron chi connectivity index (χ2n) is 5.36. The molecule has 20 heavy (non-hydrogen) atoms. The van der Waals surface area contributed by atoms with E-state index in [4.69, 9.17) is 5.73 Å². The SMILES string of the molecule is Cc1ccc2nc(N)n(C(C)c3ccccc3C)c2c1. The Morgan fingerprint density at radius 2 is 1.85 bits per heavy atom. The first-order valence-electron chi connectivity index (χ1n) is 6.87. The fraction of sp³-hybridized carbons (Fsp3) is 0.235. The average Bonchev–Trinajstić information content (AvgIpc) is 2.74. The lowest BCUT2D eigenvalue weighted by atomic mass is 10.0. The number of aromatic nitrogens is 2. The number of hydrogen-bond acceptors (Lipinski definition) is 2. The molecule has 0 saturated carbocycles. The third kappa shape index (κ3) is 1.95. The van der Waals surface area contributed by atoms with Crippen molar-refractivity contribution in [3.8, 4) is 0 Å². The van der Waals surface area contributed by atoms with E-state index in [1.54, 1.807) is 0 Å². The molecule has 0 saturated heterocycles. The minimum atomic E-state index is 0.169. The summed E-state index contributed by atoms with van der Waals surface area (Å²) in [6, 6.07) is 14.8. The van der Waals surface area contributed by atoms with Crippen LogP contribution in [0.1, 0.15) is 29.7 Å². The number of nitrogens with two attached hydrogens (primary N) is 1. The fourth-order valence-electron chi connectivity index (χ4n) is 2.82. The van der Waals surface area contributed by atoms with Gasteiger partial charge in [0.2, 0.25) is 5.95 Å². The molecule has 3 rings (SSSR count). The first-order chi connectivity index (χ1) is 9.58. The van der Waals surface area contributed by atoms with E-state index >= 15 is 0 Å². The van der Waals surface area contributed by atoms with Gasteiger partial charge in [-0.1, -0.05) is 30.3 Å². The smallest absolute Gasteiger partial charge is 0.201 e. The van der Waals surface area contributed by atoms with Gasteiger partial charge in [0.25, 0.3) is 0 Å². The fourth-order valence-corrected chi connectivity index (χ4v) is 2.82. The predicted molar refractivity (Wildman–Crippen MR) is 83.9 cm³/mol. The van der Waals surface area contributed by atoms with Crippen molar-refractivity contribution in [2.45, 2.75) is 26.8 Å². The zero-order valence-electron chi connectivity index (χ0n) is 12.1. The zero-order chi connectivity index (χ0) is 14.3. The van der Waals surface area contributed by atoms with Gasteiger partial charge in [0.15, 0.2) is 0 Å². The molecule has 102 valence electrons. The van der Waals surface area contributed by atoms with Crippen LogP contribution in [0.15, 0.2) is 42.5 Å². The summed E-state index contributed by atoms with van der Waals surface area (Å²) in [5.74, 6) is 0.571. The predicted octanol–water partition coefficient (Wildman–Crippen LogP) is 3.84. The van der Waals surface area contributed by atoms with Gasteiger partial charge >= 0.3 is 0 Å². The molecule has 0 aliphatic rings. The van der Waals surface area contributed by atoms with Crippen molar-refractivity contribution in [3.63, 3.8) is 0 Å². The Balaban J connectivity index is 2.21. The summed E-state index contributed by atoms with van der Waals surface area (Å²) in [5, 5.41) is 0. The highest BCUT2D eigenvalue weighted by Gasteiger charge is 2.16. The van der Waals surface area contributed by atoms with Crippen molar-refractivity contribution in [1.29, 1.82) is 0 Å². The zero-order valence-corrected chi connectivity index (χ0v) is 12.1. The van der Waals surface area contributed by atoms with Gasteiger partial charge in [-0.25, -0.2) is 4.98 Å². The van der Waals surface area contributed by atoms with E-state index in [0.717, 1.165) is 11.0 Å². The number of nitrogens with zero attached hydrogens (tertiary/aromatic N) is 2. The Morgan fingerprint density at radius 3 is 2.60 bits per heavy atom. The highest BCUT2D eigenvalue weighted by molar-refractivity contribution is 5.79. The van der Waals surface area contributed by atoms with Gasteiger partial charge in [0.1, 0.15) is 0 Å². The van der Waals surface area contributed by atoms with E-state index in [1.165, 1.54) is 16.7 Å². The molecule has 1 heterocycles. The summed E-state index contributed by atoms with van der Waals surface area (Å²) < 4.78 is 2.12. The summed E-state index contributed by atoms with van der Waals surface area (Å²) in [4.78, 5) is 4.47. The first-order valence-corrected chi connectivity index (χ1v) is 6.87. The van der Waals surface area contributed by atoms with E-state index in [-0.39, 0.29) is 6.04 Å². The summed E-state index contributed by atoms with van der Waals surface area (Å²) in [6.45, 7) is 6.39. The van der Waals surface area contributed by atoms with Crippen molar-refractivity contribution < 1.29 is 0 Å². The molecule has 0 radical (unpaired) electrons. The van der Waals surface area contributed by atoms with Crippen molar-refractivity contribution in [2.75, 3.05) is 5.73 Å². The van der Waals surface area contributed by atoms with Crippen LogP contribution in [0.4, 0.5) is 5.95 Å². The van der Waals surface area contributed by atoms with E-state index in [1.807, 2.05) is 6.07 Å². The van der Waals surface area contributed by atoms with Crippen LogP contribution in [0.5, 0.6) is 0 Å². The van der Waals surface area contributed by atoms with Crippen molar-refractivity contribution >= 4 is 17.0 Å². The Kier molecular flexibility index (Phi) is 2.97. The topological polar surface area (TPSA) is 43.8 Å². The van der Waals surface area contributed by atoms with E-state index < -0.39 is 0 Å². The number of rotatable bonds is 2. The van der Waals surface area contributed by atoms with Gasteiger partial charge in [-0.2, -0.15) is 0 Å². The highest BCUT2D eigenvalue weighted by Crippen LogP contribution is 2.29. The molecule has 3 nitrogen and oxygen atoms in total. The van der Waals surface area contributed by atoms with Crippen LogP contribution in [0, 0.1) is 13.8 Å². The Hall–Kier alpha value is -2.29. The molecule has 2 aromatic carbocycles. The molecule has 3 heteroatoms. The largest absolute Gasteiger partial charge is 0.369 e. The Labute approximate surface area is 119 Å². The normalized spacial score (nSPS) is 12.8. The van der Waals surface area contributed by atoms with Crippen LogP contribution in [0.3, 0.4) is 0 Å². The molecular formula is C17H19N3. The molecule has 0 aliphatic heterocycles. The average molecular weight is 265 g/mol. The van der Waals surface area contributed by atoms with Crippen LogP contribution >= 0.6 is 0 Å². The molecule has 3 aromatic rings. The number of nitrogen functional groups attached to an aromatic ring is 1. The van der Waals surface area contributed by atoms with Crippen molar-refractivity contribution in [2.24, 2.45) is 0 Å². The molecular weight excluding hydrogens is 246 g/mol. The van der Waals surface area contributed by atoms with Crippen LogP contribution in [0.2, 0.25) is 0 Å². The van der Waals surface area contributed by atoms with E-state index in [2.05, 4.69) is 66.7 Å². The lowest BCUT2D eigenvalue weighted by Crippen LogP contribution is -2.11. The second kappa shape index (κ2) is 4.67.